The molecular weight excluding hydrogens is 1290 g/mol. The molecule has 0 radical (unpaired) electrons. The van der Waals surface area contributed by atoms with Crippen molar-refractivity contribution in [1.82, 2.24) is 25.8 Å². The summed E-state index contributed by atoms with van der Waals surface area (Å²) < 4.78 is 24.7. The summed E-state index contributed by atoms with van der Waals surface area (Å²) in [5, 5.41) is 71.4. The molecule has 1 saturated heterocycles. The number of allylic oxidation sites excluding steroid dienone is 2. The number of primary amides is 1. The topological polar surface area (TPSA) is 401 Å². The molecule has 536 valence electrons. The molecule has 5 heterocycles. The maximum atomic E-state index is 15.1. The van der Waals surface area contributed by atoms with Crippen LogP contribution < -0.4 is 47.4 Å². The molecule has 11 atom stereocenters. The molecule has 0 spiro atoms. The Labute approximate surface area is 578 Å². The zero-order valence-electron chi connectivity index (χ0n) is 57.9. The number of nitrogens with two attached hydrogens (primary N) is 1. The van der Waals surface area contributed by atoms with E-state index in [1.165, 1.54) is 64.5 Å². The lowest BCUT2D eigenvalue weighted by atomic mass is 9.78. The largest absolute Gasteiger partial charge is 0.507 e. The highest BCUT2D eigenvalue weighted by molar-refractivity contribution is 6.22. The molecule has 8 amide bonds. The van der Waals surface area contributed by atoms with Gasteiger partial charge in [0.25, 0.3) is 23.5 Å². The Bertz CT molecular complexity index is 4100. The molecule has 5 aliphatic heterocycles. The van der Waals surface area contributed by atoms with Gasteiger partial charge in [-0.1, -0.05) is 78.3 Å². The lowest BCUT2D eigenvalue weighted by molar-refractivity contribution is -0.137. The van der Waals surface area contributed by atoms with Crippen molar-refractivity contribution in [2.45, 2.75) is 162 Å². The van der Waals surface area contributed by atoms with Crippen LogP contribution in [0.2, 0.25) is 0 Å². The Kier molecular flexibility index (Phi) is 23.6. The number of phenolic OH excluding ortho intramolecular Hbond substituents is 2. The molecular formula is C73H91N9O18. The number of urea groups is 1. The van der Waals surface area contributed by atoms with Crippen LogP contribution in [-0.2, 0) is 38.2 Å². The zero-order valence-corrected chi connectivity index (χ0v) is 57.9. The molecule has 27 nitrogen and oxygen atoms in total. The summed E-state index contributed by atoms with van der Waals surface area (Å²) in [7, 11) is 1.42. The van der Waals surface area contributed by atoms with Gasteiger partial charge >= 0.3 is 11.8 Å². The fourth-order valence-corrected chi connectivity index (χ4v) is 13.4. The number of piperidine rings is 1. The van der Waals surface area contributed by atoms with Crippen LogP contribution in [0.3, 0.4) is 0 Å². The number of hydrogen-bond donors (Lipinski definition) is 11. The van der Waals surface area contributed by atoms with Gasteiger partial charge in [-0.25, -0.2) is 9.78 Å². The SMILES string of the molecule is CO[C@H]1/C=C/O[C@@]2(C)Oc3c(C)c(O)c4c(=O)c(c5oc6cc(N7CCC(c8ccc(NC(=O)[C@H](CCCNC(N)=O)NC(=O)[C@@H](NC(=O)CCCCCN9C(=O)C=CC9=O)C(C)C)cc8)CC7)cc(O)c6nc-5c4c3C2=O)NC(=O)/C(C)=C\C=C\[C@H](C)[C@H](O)[C@@H](C)[C@@H](O)[C@@H](C)[C@H](O)[C@@H]1C. The van der Waals surface area contributed by atoms with Crippen molar-refractivity contribution in [2.24, 2.45) is 35.3 Å². The van der Waals surface area contributed by atoms with Crippen LogP contribution in [0.1, 0.15) is 134 Å². The molecule has 0 aromatic heterocycles. The van der Waals surface area contributed by atoms with E-state index in [1.807, 2.05) is 17.0 Å². The lowest BCUT2D eigenvalue weighted by Gasteiger charge is -2.36. The number of aliphatic hydroxyl groups excluding tert-OH is 3. The third kappa shape index (κ3) is 16.1. The predicted molar refractivity (Wildman–Crippen MR) is 372 cm³/mol. The van der Waals surface area contributed by atoms with E-state index in [0.717, 1.165) is 10.5 Å². The number of benzene rings is 4. The number of carbonyl (C=O) groups is 8. The van der Waals surface area contributed by atoms with E-state index in [2.05, 4.69) is 26.6 Å². The molecule has 0 unspecified atom stereocenters. The zero-order chi connectivity index (χ0) is 72.8. The van der Waals surface area contributed by atoms with Crippen LogP contribution in [0.5, 0.6) is 17.2 Å². The number of nitrogens with one attached hydrogen (secondary N) is 5. The first-order valence-corrected chi connectivity index (χ1v) is 33.9. The van der Waals surface area contributed by atoms with Gasteiger partial charge in [-0.05, 0) is 88.0 Å². The molecule has 6 aliphatic rings. The van der Waals surface area contributed by atoms with Gasteiger partial charge in [0, 0.05) is 122 Å². The van der Waals surface area contributed by atoms with E-state index < -0.39 is 118 Å². The number of rotatable bonds is 19. The van der Waals surface area contributed by atoms with Crippen molar-refractivity contribution >= 4 is 86.2 Å². The number of nitrogens with zero attached hydrogens (tertiary/aromatic N) is 3. The fourth-order valence-electron chi connectivity index (χ4n) is 13.4. The molecule has 12 N–H and O–H groups in total. The van der Waals surface area contributed by atoms with Crippen LogP contribution in [0, 0.1) is 36.5 Å². The number of ketones is 1. The van der Waals surface area contributed by atoms with Crippen molar-refractivity contribution < 1.29 is 82.5 Å². The first-order valence-electron chi connectivity index (χ1n) is 33.9. The molecule has 3 aromatic carbocycles. The van der Waals surface area contributed by atoms with Gasteiger partial charge < -0.3 is 81.4 Å². The molecule has 0 saturated carbocycles. The van der Waals surface area contributed by atoms with E-state index in [4.69, 9.17) is 29.3 Å². The number of amides is 8. The maximum absolute atomic E-state index is 15.1. The predicted octanol–water partition coefficient (Wildman–Crippen LogP) is 6.97. The number of phenols is 2. The van der Waals surface area contributed by atoms with Crippen LogP contribution >= 0.6 is 0 Å². The van der Waals surface area contributed by atoms with E-state index >= 15 is 4.79 Å². The number of carbonyl (C=O) groups excluding carboxylic acids is 8. The molecule has 27 heteroatoms. The van der Waals surface area contributed by atoms with Crippen molar-refractivity contribution in [3.8, 4) is 28.7 Å². The summed E-state index contributed by atoms with van der Waals surface area (Å²) in [5.74, 6) is -10.3. The van der Waals surface area contributed by atoms with E-state index in [-0.39, 0.29) is 118 Å². The third-order valence-electron chi connectivity index (χ3n) is 19.7. The Balaban J connectivity index is 0.946. The van der Waals surface area contributed by atoms with E-state index in [1.54, 1.807) is 71.9 Å². The molecule has 9 rings (SSSR count). The van der Waals surface area contributed by atoms with Gasteiger partial charge in [0.1, 0.15) is 46.2 Å². The van der Waals surface area contributed by atoms with Gasteiger partial charge in [0.15, 0.2) is 11.3 Å². The second-order valence-electron chi connectivity index (χ2n) is 27.1. The van der Waals surface area contributed by atoms with Crippen LogP contribution in [0.15, 0.2) is 93.9 Å². The van der Waals surface area contributed by atoms with Crippen LogP contribution in [-0.4, -0.2) is 158 Å². The highest BCUT2D eigenvalue weighted by atomic mass is 16.7. The number of Topliss-reactive ketones (excluding diaryl/α,β-unsaturated/α-hetero) is 1. The minimum Gasteiger partial charge on any atom is -0.507 e. The van der Waals surface area contributed by atoms with Crippen LogP contribution in [0.25, 0.3) is 33.3 Å². The smallest absolute Gasteiger partial charge is 0.312 e. The maximum Gasteiger partial charge on any atom is 0.312 e. The van der Waals surface area contributed by atoms with Gasteiger partial charge in [0.2, 0.25) is 23.2 Å². The second kappa shape index (κ2) is 31.7. The molecule has 3 aromatic rings. The summed E-state index contributed by atoms with van der Waals surface area (Å²) in [4.78, 5) is 128. The minimum atomic E-state index is -2.13. The quantitative estimate of drug-likeness (QED) is 0.0172. The number of ether oxygens (including phenoxy) is 3. The minimum absolute atomic E-state index is 0.0101. The number of hydrogen-bond acceptors (Lipinski definition) is 20. The average molecular weight is 1380 g/mol. The van der Waals surface area contributed by atoms with E-state index in [9.17, 15) is 63.9 Å². The molecule has 100 heavy (non-hydrogen) atoms. The molecule has 4 bridgehead atoms. The number of aromatic nitrogens is 1. The van der Waals surface area contributed by atoms with Gasteiger partial charge in [-0.15, -0.1) is 0 Å². The first-order chi connectivity index (χ1) is 47.4. The fraction of sp³-hybridized carbons (Fsp3) is 0.479. The first kappa shape index (κ1) is 74.5. The highest BCUT2D eigenvalue weighted by Gasteiger charge is 2.50. The van der Waals surface area contributed by atoms with Crippen molar-refractivity contribution in [3.63, 3.8) is 0 Å². The second-order valence-corrected chi connectivity index (χ2v) is 27.1. The monoisotopic (exact) mass is 1380 g/mol. The van der Waals surface area contributed by atoms with Gasteiger partial charge in [0.05, 0.1) is 41.6 Å². The van der Waals surface area contributed by atoms with Crippen molar-refractivity contribution in [1.29, 1.82) is 0 Å². The van der Waals surface area contributed by atoms with Crippen molar-refractivity contribution in [2.75, 3.05) is 48.8 Å². The number of aliphatic hydroxyl groups is 3. The van der Waals surface area contributed by atoms with Gasteiger partial charge in [-0.2, -0.15) is 0 Å². The number of anilines is 3. The standard InChI is InChI=1S/C73H91N9O18/c1-36(2)57(78-51(84)19-12-11-13-30-82-52(85)24-25-53(82)86)71(95)77-47(18-15-29-75-72(74)96)70(94)76-45-22-20-43(21-23-45)44-26-31-81(32-27-44)46-34-48(83)58-50(35-46)99-67-59(79-58)54-55-64(90)42(8)66-56(54)68(92)73(9,100-66)98-33-28-49(97-10)39(5)62(88)41(7)63(89)40(6)61(87)37(3)16-14-17-38(4)69(93)80-60(67)65(55)91/h14,16-17,20-25,28,33-37,39-41,44,47,49,57,61-63,83,87-90H,11-13,15,18-19,26-27,29-32H2,1-10H3,(H,76,94)(H,77,95)(H,78,84)(H,80,93)(H3,74,75,96)/b16-14+,33-28+,38-17-/t37-,39+,40+,41-,47-,49-,57-,61-,62+,63+,73-/m0/s1. The number of aromatic hydroxyl groups is 2. The Morgan fingerprint density at radius 1 is 0.840 bits per heavy atom. The Hall–Kier alpha value is -9.70. The summed E-state index contributed by atoms with van der Waals surface area (Å²) in [6, 6.07) is 7.64. The normalized spacial score (nSPS) is 25.0. The number of fused-ring (bicyclic) bond motifs is 2. The summed E-state index contributed by atoms with van der Waals surface area (Å²) in [5.41, 5.74) is 5.42. The Morgan fingerprint density at radius 3 is 2.17 bits per heavy atom. The lowest BCUT2D eigenvalue weighted by Crippen LogP contribution is -2.54. The average Bonchev–Trinajstić information content (AvgIpc) is 1.38. The van der Waals surface area contributed by atoms with Gasteiger partial charge in [-0.3, -0.25) is 43.3 Å². The third-order valence-corrected chi connectivity index (χ3v) is 19.7. The number of methoxy groups -OCH3 is 1. The molecule has 1 fully saturated rings. The molecule has 1 aliphatic carbocycles. The number of unbranched alkanes of at least 4 members (excludes halogenated alkanes) is 2. The summed E-state index contributed by atoms with van der Waals surface area (Å²) in [6.07, 6.45) is 8.76. The van der Waals surface area contributed by atoms with Crippen molar-refractivity contribution in [3.05, 3.63) is 112 Å². The van der Waals surface area contributed by atoms with Crippen LogP contribution in [0.4, 0.5) is 21.9 Å². The van der Waals surface area contributed by atoms with E-state index in [0.29, 0.717) is 56.6 Å². The summed E-state index contributed by atoms with van der Waals surface area (Å²) >= 11 is 0. The summed E-state index contributed by atoms with van der Waals surface area (Å²) in [6.45, 7) is 15.9. The Morgan fingerprint density at radius 2 is 1.51 bits per heavy atom. The highest BCUT2D eigenvalue weighted by Crippen LogP contribution is 2.51. The number of imide groups is 1.